The lowest BCUT2D eigenvalue weighted by Gasteiger charge is -2.27. The minimum Gasteiger partial charge on any atom is -0.352 e. The van der Waals surface area contributed by atoms with Crippen LogP contribution in [-0.2, 0) is 17.9 Å². The summed E-state index contributed by atoms with van der Waals surface area (Å²) in [7, 11) is 0. The van der Waals surface area contributed by atoms with Crippen LogP contribution in [-0.4, -0.2) is 28.0 Å². The summed E-state index contributed by atoms with van der Waals surface area (Å²) >= 11 is 0. The van der Waals surface area contributed by atoms with Gasteiger partial charge < -0.3 is 15.2 Å². The number of amides is 1. The zero-order valence-corrected chi connectivity index (χ0v) is 14.8. The van der Waals surface area contributed by atoms with Crippen LogP contribution in [0.2, 0.25) is 0 Å². The average molecular weight is 349 g/mol. The number of carbonyl (C=O) groups is 1. The fourth-order valence-corrected chi connectivity index (χ4v) is 3.06. The molecule has 2 atom stereocenters. The molecule has 1 amide bonds. The van der Waals surface area contributed by atoms with Gasteiger partial charge in [0.05, 0.1) is 6.33 Å². The molecule has 2 aromatic rings. The van der Waals surface area contributed by atoms with E-state index in [1.165, 1.54) is 5.56 Å². The van der Waals surface area contributed by atoms with Crippen LogP contribution in [0.5, 0.6) is 0 Å². The highest BCUT2D eigenvalue weighted by atomic mass is 35.5. The number of hydrogen-bond acceptors (Lipinski definition) is 3. The lowest BCUT2D eigenvalue weighted by molar-refractivity contribution is -0.126. The first-order valence-electron chi connectivity index (χ1n) is 8.25. The fraction of sp³-hybridized carbons (Fsp3) is 0.444. The van der Waals surface area contributed by atoms with Crippen LogP contribution in [0.15, 0.2) is 43.0 Å². The van der Waals surface area contributed by atoms with Gasteiger partial charge in [0.25, 0.3) is 0 Å². The second-order valence-electron chi connectivity index (χ2n) is 6.35. The summed E-state index contributed by atoms with van der Waals surface area (Å²) in [6.07, 6.45) is 7.41. The highest BCUT2D eigenvalue weighted by Gasteiger charge is 2.24. The maximum atomic E-state index is 12.2. The summed E-state index contributed by atoms with van der Waals surface area (Å²) in [5.74, 6) is 0.326. The smallest absolute Gasteiger partial charge is 0.223 e. The van der Waals surface area contributed by atoms with E-state index in [-0.39, 0.29) is 24.2 Å². The van der Waals surface area contributed by atoms with Crippen molar-refractivity contribution < 1.29 is 4.79 Å². The van der Waals surface area contributed by atoms with Gasteiger partial charge in [0.1, 0.15) is 0 Å². The van der Waals surface area contributed by atoms with Gasteiger partial charge in [0.2, 0.25) is 5.91 Å². The van der Waals surface area contributed by atoms with E-state index >= 15 is 0 Å². The Hall–Kier alpha value is -1.85. The number of benzene rings is 1. The van der Waals surface area contributed by atoms with Crippen molar-refractivity contribution in [2.45, 2.75) is 38.9 Å². The van der Waals surface area contributed by atoms with Crippen LogP contribution < -0.4 is 10.6 Å². The second-order valence-corrected chi connectivity index (χ2v) is 6.35. The van der Waals surface area contributed by atoms with E-state index in [1.807, 2.05) is 17.1 Å². The van der Waals surface area contributed by atoms with Crippen LogP contribution in [0.3, 0.4) is 0 Å². The molecule has 0 bridgehead atoms. The van der Waals surface area contributed by atoms with Crippen molar-refractivity contribution in [3.63, 3.8) is 0 Å². The monoisotopic (exact) mass is 348 g/mol. The Bertz CT molecular complexity index is 627. The van der Waals surface area contributed by atoms with Gasteiger partial charge in [-0.2, -0.15) is 0 Å². The molecule has 2 N–H and O–H groups in total. The first-order chi connectivity index (χ1) is 11.2. The van der Waals surface area contributed by atoms with Crippen LogP contribution in [0.25, 0.3) is 0 Å². The predicted molar refractivity (Wildman–Crippen MR) is 97.1 cm³/mol. The van der Waals surface area contributed by atoms with Crippen molar-refractivity contribution >= 4 is 18.3 Å². The topological polar surface area (TPSA) is 59.0 Å². The summed E-state index contributed by atoms with van der Waals surface area (Å²) in [6.45, 7) is 4.49. The molecule has 1 aliphatic heterocycles. The highest BCUT2D eigenvalue weighted by molar-refractivity contribution is 5.85. The van der Waals surface area contributed by atoms with Gasteiger partial charge in [0.15, 0.2) is 0 Å². The lowest BCUT2D eigenvalue weighted by Crippen LogP contribution is -2.42. The van der Waals surface area contributed by atoms with Crippen LogP contribution >= 0.6 is 12.4 Å². The van der Waals surface area contributed by atoms with Crippen LogP contribution in [0, 0.1) is 5.92 Å². The van der Waals surface area contributed by atoms with E-state index in [0.29, 0.717) is 12.6 Å². The Morgan fingerprint density at radius 3 is 2.75 bits per heavy atom. The third-order valence-electron chi connectivity index (χ3n) is 4.41. The first kappa shape index (κ1) is 18.5. The molecule has 1 saturated heterocycles. The fourth-order valence-electron chi connectivity index (χ4n) is 3.06. The Kier molecular flexibility index (Phi) is 6.82. The van der Waals surface area contributed by atoms with Crippen molar-refractivity contribution in [1.82, 2.24) is 20.2 Å². The molecule has 0 aliphatic carbocycles. The van der Waals surface area contributed by atoms with Crippen LogP contribution in [0.1, 0.15) is 30.9 Å². The number of aromatic nitrogens is 2. The van der Waals surface area contributed by atoms with Crippen molar-refractivity contribution in [2.24, 2.45) is 5.92 Å². The van der Waals surface area contributed by atoms with E-state index < -0.39 is 0 Å². The molecule has 0 saturated carbocycles. The Morgan fingerprint density at radius 2 is 2.08 bits per heavy atom. The Labute approximate surface area is 149 Å². The van der Waals surface area contributed by atoms with Crippen molar-refractivity contribution in [3.8, 4) is 0 Å². The van der Waals surface area contributed by atoms with Crippen molar-refractivity contribution in [1.29, 1.82) is 0 Å². The van der Waals surface area contributed by atoms with E-state index in [9.17, 15) is 4.79 Å². The average Bonchev–Trinajstić information content (AvgIpc) is 3.07. The van der Waals surface area contributed by atoms with Crippen molar-refractivity contribution in [2.75, 3.05) is 6.54 Å². The number of nitrogens with zero attached hydrogens (tertiary/aromatic N) is 2. The molecule has 1 aromatic carbocycles. The van der Waals surface area contributed by atoms with E-state index in [0.717, 1.165) is 31.5 Å². The number of piperidine rings is 1. The molecule has 0 unspecified atom stereocenters. The normalized spacial score (nSPS) is 20.2. The number of imidazole rings is 1. The summed E-state index contributed by atoms with van der Waals surface area (Å²) in [4.78, 5) is 16.3. The van der Waals surface area contributed by atoms with Gasteiger partial charge in [-0.15, -0.1) is 12.4 Å². The van der Waals surface area contributed by atoms with Gasteiger partial charge in [0, 0.05) is 37.4 Å². The van der Waals surface area contributed by atoms with E-state index in [4.69, 9.17) is 0 Å². The largest absolute Gasteiger partial charge is 0.352 e. The number of halogens is 1. The highest BCUT2D eigenvalue weighted by Crippen LogP contribution is 2.16. The second kappa shape index (κ2) is 8.85. The summed E-state index contributed by atoms with van der Waals surface area (Å²) < 4.78 is 2.04. The molecule has 6 heteroatoms. The standard InChI is InChI=1S/C18H24N4O.ClH/c1-14-10-17(6-7-20-14)18(23)21-11-15-2-4-16(5-3-15)12-22-9-8-19-13-22;/h2-5,8-9,13-14,17,20H,6-7,10-12H2,1H3,(H,21,23);1H/t14-,17-;/m0./s1. The number of carbonyl (C=O) groups excluding carboxylic acids is 1. The molecule has 1 aliphatic rings. The predicted octanol–water partition coefficient (Wildman–Crippen LogP) is 2.36. The third kappa shape index (κ3) is 5.08. The molecule has 3 rings (SSSR count). The van der Waals surface area contributed by atoms with Gasteiger partial charge in [-0.25, -0.2) is 4.98 Å². The van der Waals surface area contributed by atoms with Gasteiger partial charge in [-0.05, 0) is 37.4 Å². The minimum atomic E-state index is 0. The zero-order valence-electron chi connectivity index (χ0n) is 13.9. The molecule has 0 radical (unpaired) electrons. The Balaban J connectivity index is 0.00000208. The molecule has 1 fully saturated rings. The number of nitrogens with one attached hydrogen (secondary N) is 2. The molecular formula is C18H25ClN4O. The van der Waals surface area contributed by atoms with Crippen molar-refractivity contribution in [3.05, 3.63) is 54.1 Å². The van der Waals surface area contributed by atoms with Gasteiger partial charge in [-0.1, -0.05) is 24.3 Å². The summed E-state index contributed by atoms with van der Waals surface area (Å²) in [5, 5.41) is 6.45. The third-order valence-corrected chi connectivity index (χ3v) is 4.41. The SMILES string of the molecule is C[C@H]1C[C@@H](C(=O)NCc2ccc(Cn3ccnc3)cc2)CCN1.Cl. The summed E-state index contributed by atoms with van der Waals surface area (Å²) in [5.41, 5.74) is 2.36. The first-order valence-corrected chi connectivity index (χ1v) is 8.25. The van der Waals surface area contributed by atoms with Gasteiger partial charge >= 0.3 is 0 Å². The molecular weight excluding hydrogens is 324 g/mol. The zero-order chi connectivity index (χ0) is 16.1. The molecule has 2 heterocycles. The maximum Gasteiger partial charge on any atom is 0.223 e. The molecule has 130 valence electrons. The molecule has 0 spiro atoms. The Morgan fingerprint density at radius 1 is 1.33 bits per heavy atom. The quantitative estimate of drug-likeness (QED) is 0.872. The van der Waals surface area contributed by atoms with E-state index in [1.54, 1.807) is 6.20 Å². The lowest BCUT2D eigenvalue weighted by atomic mass is 9.92. The molecule has 5 nitrogen and oxygen atoms in total. The molecule has 24 heavy (non-hydrogen) atoms. The van der Waals surface area contributed by atoms with Crippen LogP contribution in [0.4, 0.5) is 0 Å². The van der Waals surface area contributed by atoms with E-state index in [2.05, 4.69) is 46.8 Å². The molecule has 1 aromatic heterocycles. The number of hydrogen-bond donors (Lipinski definition) is 2. The summed E-state index contributed by atoms with van der Waals surface area (Å²) in [6, 6.07) is 8.80. The number of rotatable bonds is 5. The van der Waals surface area contributed by atoms with Gasteiger partial charge in [-0.3, -0.25) is 4.79 Å². The minimum absolute atomic E-state index is 0. The maximum absolute atomic E-state index is 12.2.